The van der Waals surface area contributed by atoms with Crippen LogP contribution in [0.15, 0.2) is 0 Å². The van der Waals surface area contributed by atoms with Gasteiger partial charge in [-0.3, -0.25) is 4.79 Å². The third kappa shape index (κ3) is 4.20. The number of likely N-dealkylation sites (tertiary alicyclic amines) is 1. The van der Waals surface area contributed by atoms with Gasteiger partial charge in [-0.1, -0.05) is 6.92 Å². The molecule has 0 aromatic rings. The molecule has 82 valence electrons. The molecule has 0 saturated carbocycles. The first-order chi connectivity index (χ1) is 6.72. The van der Waals surface area contributed by atoms with Crippen molar-refractivity contribution >= 4 is 5.78 Å². The third-order valence-electron chi connectivity index (χ3n) is 2.73. The van der Waals surface area contributed by atoms with E-state index in [1.54, 1.807) is 0 Å². The molecule has 0 bridgehead atoms. The Bertz CT molecular complexity index is 182. The summed E-state index contributed by atoms with van der Waals surface area (Å²) in [6, 6.07) is 0. The molecule has 0 aromatic carbocycles. The molecule has 3 nitrogen and oxygen atoms in total. The summed E-state index contributed by atoms with van der Waals surface area (Å²) in [7, 11) is 2.14. The number of Topliss-reactive ketones (excluding diaryl/α,β-unsaturated/α-hetero) is 1. The molecule has 1 unspecified atom stereocenters. The summed E-state index contributed by atoms with van der Waals surface area (Å²) in [4.78, 5) is 13.3. The van der Waals surface area contributed by atoms with Crippen molar-refractivity contribution in [2.45, 2.75) is 26.2 Å². The van der Waals surface area contributed by atoms with Crippen LogP contribution in [0.4, 0.5) is 0 Å². The molecule has 1 aliphatic rings. The molecule has 0 radical (unpaired) electrons. The van der Waals surface area contributed by atoms with Gasteiger partial charge in [-0.2, -0.15) is 0 Å². The number of piperidine rings is 1. The fourth-order valence-corrected chi connectivity index (χ4v) is 1.85. The van der Waals surface area contributed by atoms with Gasteiger partial charge < -0.3 is 9.64 Å². The molecule has 1 saturated heterocycles. The first-order valence-corrected chi connectivity index (χ1v) is 5.50. The summed E-state index contributed by atoms with van der Waals surface area (Å²) in [6.07, 6.45) is 3.08. The van der Waals surface area contributed by atoms with E-state index in [0.717, 1.165) is 13.2 Å². The van der Waals surface area contributed by atoms with E-state index < -0.39 is 0 Å². The predicted molar refractivity (Wildman–Crippen MR) is 56.3 cm³/mol. The van der Waals surface area contributed by atoms with Gasteiger partial charge in [0.2, 0.25) is 0 Å². The van der Waals surface area contributed by atoms with Crippen molar-refractivity contribution in [2.24, 2.45) is 5.92 Å². The number of hydrogen-bond donors (Lipinski definition) is 0. The smallest absolute Gasteiger partial charge is 0.158 e. The zero-order chi connectivity index (χ0) is 10.4. The Balaban J connectivity index is 2.08. The standard InChI is InChI=1S/C11H21NO2/c1-3-11(13)9-14-8-10-5-4-6-12(2)7-10/h10H,3-9H2,1-2H3. The summed E-state index contributed by atoms with van der Waals surface area (Å²) in [5.41, 5.74) is 0. The van der Waals surface area contributed by atoms with Crippen LogP contribution >= 0.6 is 0 Å². The van der Waals surface area contributed by atoms with Crippen molar-refractivity contribution in [3.8, 4) is 0 Å². The second-order valence-corrected chi connectivity index (χ2v) is 4.18. The number of nitrogens with zero attached hydrogens (tertiary/aromatic N) is 1. The first kappa shape index (κ1) is 11.7. The summed E-state index contributed by atoms with van der Waals surface area (Å²) in [5.74, 6) is 0.826. The number of carbonyl (C=O) groups excluding carboxylic acids is 1. The highest BCUT2D eigenvalue weighted by Gasteiger charge is 2.17. The highest BCUT2D eigenvalue weighted by Crippen LogP contribution is 2.14. The van der Waals surface area contributed by atoms with Crippen LogP contribution in [0.25, 0.3) is 0 Å². The van der Waals surface area contributed by atoms with E-state index in [9.17, 15) is 4.79 Å². The first-order valence-electron chi connectivity index (χ1n) is 5.50. The second kappa shape index (κ2) is 6.14. The summed E-state index contributed by atoms with van der Waals surface area (Å²) >= 11 is 0. The van der Waals surface area contributed by atoms with E-state index in [4.69, 9.17) is 4.74 Å². The van der Waals surface area contributed by atoms with Crippen molar-refractivity contribution < 1.29 is 9.53 Å². The van der Waals surface area contributed by atoms with E-state index in [1.807, 2.05) is 6.92 Å². The molecule has 3 heteroatoms. The van der Waals surface area contributed by atoms with Gasteiger partial charge in [0.1, 0.15) is 6.61 Å². The highest BCUT2D eigenvalue weighted by molar-refractivity contribution is 5.79. The number of hydrogen-bond acceptors (Lipinski definition) is 3. The Morgan fingerprint density at radius 1 is 1.57 bits per heavy atom. The van der Waals surface area contributed by atoms with E-state index in [-0.39, 0.29) is 5.78 Å². The summed E-state index contributed by atoms with van der Waals surface area (Å²) in [5, 5.41) is 0. The van der Waals surface area contributed by atoms with Crippen LogP contribution in [0.2, 0.25) is 0 Å². The molecule has 1 heterocycles. The quantitative estimate of drug-likeness (QED) is 0.669. The average Bonchev–Trinajstić information content (AvgIpc) is 2.17. The number of ketones is 1. The fraction of sp³-hybridized carbons (Fsp3) is 0.909. The SMILES string of the molecule is CCC(=O)COCC1CCCN(C)C1. The minimum Gasteiger partial charge on any atom is -0.373 e. The molecule has 1 rings (SSSR count). The van der Waals surface area contributed by atoms with Crippen molar-refractivity contribution in [3.05, 3.63) is 0 Å². The Morgan fingerprint density at radius 2 is 2.36 bits per heavy atom. The van der Waals surface area contributed by atoms with Crippen LogP contribution in [0.5, 0.6) is 0 Å². The monoisotopic (exact) mass is 199 g/mol. The van der Waals surface area contributed by atoms with Crippen LogP contribution in [-0.2, 0) is 9.53 Å². The molecule has 0 aliphatic carbocycles. The zero-order valence-corrected chi connectivity index (χ0v) is 9.29. The number of carbonyl (C=O) groups is 1. The molecule has 1 atom stereocenters. The van der Waals surface area contributed by atoms with Crippen LogP contribution in [0, 0.1) is 5.92 Å². The van der Waals surface area contributed by atoms with Gasteiger partial charge in [0.25, 0.3) is 0 Å². The van der Waals surface area contributed by atoms with Crippen molar-refractivity contribution in [1.82, 2.24) is 4.90 Å². The fourth-order valence-electron chi connectivity index (χ4n) is 1.85. The third-order valence-corrected chi connectivity index (χ3v) is 2.73. The summed E-state index contributed by atoms with van der Waals surface area (Å²) in [6.45, 7) is 5.23. The second-order valence-electron chi connectivity index (χ2n) is 4.18. The average molecular weight is 199 g/mol. The minimum atomic E-state index is 0.203. The predicted octanol–water partition coefficient (Wildman–Crippen LogP) is 1.32. The Hall–Kier alpha value is -0.410. The number of rotatable bonds is 5. The van der Waals surface area contributed by atoms with Gasteiger partial charge in [0, 0.05) is 13.0 Å². The lowest BCUT2D eigenvalue weighted by atomic mass is 10.00. The maximum atomic E-state index is 11.0. The molecule has 0 aromatic heterocycles. The lowest BCUT2D eigenvalue weighted by Crippen LogP contribution is -2.34. The van der Waals surface area contributed by atoms with E-state index >= 15 is 0 Å². The molecule has 0 N–H and O–H groups in total. The van der Waals surface area contributed by atoms with Gasteiger partial charge in [0.05, 0.1) is 6.61 Å². The van der Waals surface area contributed by atoms with Crippen LogP contribution in [0.1, 0.15) is 26.2 Å². The van der Waals surface area contributed by atoms with E-state index in [0.29, 0.717) is 18.9 Å². The Morgan fingerprint density at radius 3 is 3.00 bits per heavy atom. The normalized spacial score (nSPS) is 23.7. The Labute approximate surface area is 86.4 Å². The van der Waals surface area contributed by atoms with Crippen molar-refractivity contribution in [1.29, 1.82) is 0 Å². The Kier molecular flexibility index (Phi) is 5.12. The lowest BCUT2D eigenvalue weighted by molar-refractivity contribution is -0.123. The number of ether oxygens (including phenoxy) is 1. The van der Waals surface area contributed by atoms with Crippen molar-refractivity contribution in [2.75, 3.05) is 33.4 Å². The molecular weight excluding hydrogens is 178 g/mol. The minimum absolute atomic E-state index is 0.203. The molecule has 14 heavy (non-hydrogen) atoms. The molecule has 1 fully saturated rings. The maximum absolute atomic E-state index is 11.0. The maximum Gasteiger partial charge on any atom is 0.158 e. The molecule has 1 aliphatic heterocycles. The molecular formula is C11H21NO2. The van der Waals surface area contributed by atoms with E-state index in [1.165, 1.54) is 19.4 Å². The van der Waals surface area contributed by atoms with Gasteiger partial charge in [-0.15, -0.1) is 0 Å². The van der Waals surface area contributed by atoms with Gasteiger partial charge in [-0.25, -0.2) is 0 Å². The molecule has 0 spiro atoms. The van der Waals surface area contributed by atoms with Crippen LogP contribution in [-0.4, -0.2) is 44.0 Å². The van der Waals surface area contributed by atoms with Crippen LogP contribution in [0.3, 0.4) is 0 Å². The van der Waals surface area contributed by atoms with Gasteiger partial charge in [-0.05, 0) is 32.4 Å². The highest BCUT2D eigenvalue weighted by atomic mass is 16.5. The topological polar surface area (TPSA) is 29.5 Å². The largest absolute Gasteiger partial charge is 0.373 e. The lowest BCUT2D eigenvalue weighted by Gasteiger charge is -2.29. The molecule has 0 amide bonds. The summed E-state index contributed by atoms with van der Waals surface area (Å²) < 4.78 is 5.40. The van der Waals surface area contributed by atoms with Gasteiger partial charge >= 0.3 is 0 Å². The van der Waals surface area contributed by atoms with Crippen molar-refractivity contribution in [3.63, 3.8) is 0 Å². The zero-order valence-electron chi connectivity index (χ0n) is 9.29. The van der Waals surface area contributed by atoms with Crippen LogP contribution < -0.4 is 0 Å². The van der Waals surface area contributed by atoms with Gasteiger partial charge in [0.15, 0.2) is 5.78 Å². The van der Waals surface area contributed by atoms with E-state index in [2.05, 4.69) is 11.9 Å².